The van der Waals surface area contributed by atoms with Crippen LogP contribution < -0.4 is 43.7 Å². The van der Waals surface area contributed by atoms with E-state index in [1.807, 2.05) is 0 Å². The number of rotatable bonds is 8. The van der Waals surface area contributed by atoms with Crippen LogP contribution in [0.3, 0.4) is 0 Å². The molecule has 0 saturated heterocycles. The lowest BCUT2D eigenvalue weighted by Gasteiger charge is -2.48. The van der Waals surface area contributed by atoms with Gasteiger partial charge in [0, 0.05) is 0 Å². The summed E-state index contributed by atoms with van der Waals surface area (Å²) >= 11 is 0. The molecule has 534 valence electrons. The minimum atomic E-state index is 0.0507. The predicted octanol–water partition coefficient (Wildman–Crippen LogP) is 23.0. The van der Waals surface area contributed by atoms with Gasteiger partial charge in [-0.2, -0.15) is 0 Å². The van der Waals surface area contributed by atoms with Crippen LogP contribution in [-0.2, 0) is 21.7 Å². The van der Waals surface area contributed by atoms with Crippen molar-refractivity contribution in [3.63, 3.8) is 0 Å². The van der Waals surface area contributed by atoms with Crippen molar-refractivity contribution in [3.8, 4) is 44.5 Å². The molecule has 15 aromatic rings. The van der Waals surface area contributed by atoms with Crippen molar-refractivity contribution in [1.82, 2.24) is 0 Å². The average Bonchev–Trinajstić information content (AvgIpc) is 1.54. The Bertz CT molecular complexity index is 5600. The zero-order valence-electron chi connectivity index (χ0n) is 65.9. The first-order valence-corrected chi connectivity index (χ1v) is 42.7. The number of benzene rings is 13. The van der Waals surface area contributed by atoms with Crippen LogP contribution in [0.25, 0.3) is 109 Å². The molecule has 0 N–H and O–H groups in total. The van der Waals surface area contributed by atoms with Crippen molar-refractivity contribution in [3.05, 3.63) is 277 Å². The van der Waals surface area contributed by atoms with E-state index in [2.05, 4.69) is 310 Å². The van der Waals surface area contributed by atoms with E-state index in [4.69, 9.17) is 0 Å². The summed E-state index contributed by atoms with van der Waals surface area (Å²) in [5, 5.41) is 17.0. The molecular weight excluding hydrogens is 1320 g/mol. The third-order valence-corrected chi connectivity index (χ3v) is 34.3. The molecule has 4 heterocycles. The summed E-state index contributed by atoms with van der Waals surface area (Å²) < 4.78 is 0. The topological polar surface area (TPSA) is 0 Å². The molecule has 8 atom stereocenters. The fourth-order valence-corrected chi connectivity index (χ4v) is 28.0. The van der Waals surface area contributed by atoms with Crippen LogP contribution in [0, 0.1) is 0 Å². The second-order valence-corrected chi connectivity index (χ2v) is 38.5. The van der Waals surface area contributed by atoms with Crippen LogP contribution in [0.2, 0.25) is 21.3 Å². The van der Waals surface area contributed by atoms with E-state index in [-0.39, 0.29) is 42.9 Å². The molecule has 4 heteroatoms. The van der Waals surface area contributed by atoms with Crippen molar-refractivity contribution in [2.75, 3.05) is 0 Å². The van der Waals surface area contributed by atoms with E-state index in [0.717, 1.165) is 0 Å². The van der Waals surface area contributed by atoms with Crippen LogP contribution >= 0.6 is 0 Å². The molecule has 8 unspecified atom stereocenters. The van der Waals surface area contributed by atoms with Gasteiger partial charge in [0.25, 0.3) is 0 Å². The maximum absolute atomic E-state index is 2.71. The molecule has 0 radical (unpaired) electrons. The van der Waals surface area contributed by atoms with Crippen LogP contribution in [-0.4, -0.2) is 26.9 Å². The Hall–Kier alpha value is -9.36. The fourth-order valence-electron chi connectivity index (χ4n) is 28.0. The average molecular weight is 1420 g/mol. The minimum Gasteiger partial charge on any atom is -0.0735 e. The summed E-state index contributed by atoms with van der Waals surface area (Å²) in [7, 11) is 0. The van der Waals surface area contributed by atoms with Crippen LogP contribution in [0.4, 0.5) is 0 Å². The Balaban J connectivity index is 0.758. The molecular formula is C106H98B4. The lowest BCUT2D eigenvalue weighted by Crippen LogP contribution is -2.51. The smallest absolute Gasteiger partial charge is 0.0735 e. The second kappa shape index (κ2) is 23.2. The van der Waals surface area contributed by atoms with Gasteiger partial charge in [0.05, 0.1) is 0 Å². The molecule has 4 aliphatic carbocycles. The lowest BCUT2D eigenvalue weighted by atomic mass is 9.26. The van der Waals surface area contributed by atoms with Crippen LogP contribution in [0.1, 0.15) is 180 Å². The molecule has 0 amide bonds. The van der Waals surface area contributed by atoms with Gasteiger partial charge in [-0.05, 0) is 212 Å². The summed E-state index contributed by atoms with van der Waals surface area (Å²) in [4.78, 5) is 0. The van der Waals surface area contributed by atoms with Crippen molar-refractivity contribution < 1.29 is 0 Å². The van der Waals surface area contributed by atoms with Crippen molar-refractivity contribution >= 4 is 135 Å². The highest BCUT2D eigenvalue weighted by Crippen LogP contribution is 2.67. The first kappa shape index (κ1) is 66.4. The first-order valence-electron chi connectivity index (χ1n) is 42.7. The number of fused-ring (bicyclic) bond motifs is 18. The molecule has 0 nitrogen and oxygen atoms in total. The summed E-state index contributed by atoms with van der Waals surface area (Å²) in [5.74, 6) is 0. The highest BCUT2D eigenvalue weighted by molar-refractivity contribution is 6.91. The normalized spacial score (nSPS) is 27.3. The van der Waals surface area contributed by atoms with Crippen LogP contribution in [0.15, 0.2) is 255 Å². The second-order valence-electron chi connectivity index (χ2n) is 38.5. The van der Waals surface area contributed by atoms with E-state index < -0.39 is 0 Å². The van der Waals surface area contributed by atoms with Gasteiger partial charge in [-0.25, -0.2) is 0 Å². The molecule has 0 spiro atoms. The van der Waals surface area contributed by atoms with Gasteiger partial charge < -0.3 is 0 Å². The summed E-state index contributed by atoms with van der Waals surface area (Å²) in [5.41, 5.74) is 29.4. The maximum Gasteiger partial charge on any atom is 0.216 e. The minimum absolute atomic E-state index is 0.0507. The van der Waals surface area contributed by atoms with E-state index in [1.165, 1.54) is 234 Å². The fraction of sp³-hybridized carbons (Fsp3) is 0.302. The maximum atomic E-state index is 2.71. The molecule has 4 aliphatic heterocycles. The van der Waals surface area contributed by atoms with Crippen molar-refractivity contribution in [2.45, 2.75) is 201 Å². The van der Waals surface area contributed by atoms with Gasteiger partial charge >= 0.3 is 0 Å². The highest BCUT2D eigenvalue weighted by atomic mass is 14.6. The van der Waals surface area contributed by atoms with Crippen molar-refractivity contribution in [1.29, 1.82) is 0 Å². The molecule has 15 aromatic carbocycles. The zero-order chi connectivity index (χ0) is 73.8. The third-order valence-electron chi connectivity index (χ3n) is 34.3. The van der Waals surface area contributed by atoms with E-state index >= 15 is 0 Å². The quantitative estimate of drug-likeness (QED) is 0.133. The SMILES string of the molecule is CC12CCCCC1(C)c1cc(-c3ccc4c5cc6c(cc5c5ccc(-c7ccc8c(c7)C7(C)CCCCC7(C)B8c7ccccc7)c3c45)c3ccc(-c4ccc5c(c4)C4(C)CCCCC4(C)B5c4ccccc4)c4c(-c5ccc7c(c5)C5(C)CCCCC5(C)B7c5ccccc5)ccc6c43)ccc1B2c1ccccc1. The Kier molecular flexibility index (Phi) is 14.0. The molecule has 4 fully saturated rings. The molecule has 0 aromatic heterocycles. The molecule has 110 heavy (non-hydrogen) atoms. The van der Waals surface area contributed by atoms with E-state index in [0.29, 0.717) is 26.9 Å². The first-order chi connectivity index (χ1) is 53.5. The predicted molar refractivity (Wildman–Crippen MR) is 478 cm³/mol. The largest absolute Gasteiger partial charge is 0.216 e. The molecule has 23 rings (SSSR count). The third kappa shape index (κ3) is 8.40. The Morgan fingerprint density at radius 1 is 0.200 bits per heavy atom. The highest BCUT2D eigenvalue weighted by Gasteiger charge is 2.64. The summed E-state index contributed by atoms with van der Waals surface area (Å²) in [6, 6.07) is 104. The van der Waals surface area contributed by atoms with Gasteiger partial charge in [0.1, 0.15) is 0 Å². The van der Waals surface area contributed by atoms with Gasteiger partial charge in [0.15, 0.2) is 0 Å². The van der Waals surface area contributed by atoms with E-state index in [9.17, 15) is 0 Å². The van der Waals surface area contributed by atoms with E-state index in [1.54, 1.807) is 44.1 Å². The van der Waals surface area contributed by atoms with Gasteiger partial charge in [0.2, 0.25) is 26.9 Å². The monoisotopic (exact) mass is 1410 g/mol. The summed E-state index contributed by atoms with van der Waals surface area (Å²) in [6.07, 6.45) is 20.2. The van der Waals surface area contributed by atoms with Crippen molar-refractivity contribution in [2.24, 2.45) is 0 Å². The van der Waals surface area contributed by atoms with Gasteiger partial charge in [-0.1, -0.05) is 419 Å². The Morgan fingerprint density at radius 2 is 0.418 bits per heavy atom. The molecule has 0 bridgehead atoms. The number of hydrogen-bond acceptors (Lipinski definition) is 0. The Morgan fingerprint density at radius 3 is 0.645 bits per heavy atom. The zero-order valence-corrected chi connectivity index (χ0v) is 65.9. The standard InChI is InChI=1S/C106H98B4/c1-99-53-21-25-57-103(99,5)107(71-29-13-9-14-30-71)91-49-37-67(61-87(91)99)75-41-45-79-83-65-85-81-47-43-77(69-39-51-93-89(63-69)101(3)55-23-27-59-105(101,7)109(93)73-33-17-11-18-34-73)96-78(70-40-52-94-90(64-70)102(4)56-24-28-60-106(102,8)110(94)74-35-19-12-20-36-74)44-48-82(98(81)96)86(85)66-84(83)80-46-42-76(95(75)97(79)80)68-38-50-92-88(62-68)100(2)54-22-26-58-104(100,6)108(92)72-31-15-10-16-32-72/h9-20,29-52,61-66H,21-28,53-60H2,1-8H3. The number of hydrogen-bond donors (Lipinski definition) is 0. The summed E-state index contributed by atoms with van der Waals surface area (Å²) in [6.45, 7) is 22.7. The van der Waals surface area contributed by atoms with Gasteiger partial charge in [-0.3, -0.25) is 0 Å². The Labute approximate surface area is 653 Å². The molecule has 4 saturated carbocycles. The van der Waals surface area contributed by atoms with Crippen LogP contribution in [0.5, 0.6) is 0 Å². The van der Waals surface area contributed by atoms with Gasteiger partial charge in [-0.15, -0.1) is 0 Å². The molecule has 8 aliphatic rings. The lowest BCUT2D eigenvalue weighted by molar-refractivity contribution is 0.243.